The molecule has 0 saturated carbocycles. The monoisotopic (exact) mass is 359 g/mol. The Morgan fingerprint density at radius 3 is 2.76 bits per heavy atom. The van der Waals surface area contributed by atoms with E-state index in [0.29, 0.717) is 5.56 Å². The molecule has 1 aromatic carbocycles. The maximum atomic E-state index is 12.3. The van der Waals surface area contributed by atoms with Crippen molar-refractivity contribution in [1.29, 1.82) is 10.7 Å². The van der Waals surface area contributed by atoms with Crippen molar-refractivity contribution in [2.24, 2.45) is 5.92 Å². The van der Waals surface area contributed by atoms with E-state index in [-0.39, 0.29) is 33.7 Å². The van der Waals surface area contributed by atoms with Crippen LogP contribution in [-0.2, 0) is 0 Å². The Bertz CT molecular complexity index is 1010. The van der Waals surface area contributed by atoms with Gasteiger partial charge in [0.2, 0.25) is 5.90 Å². The smallest absolute Gasteiger partial charge is 0.343 e. The van der Waals surface area contributed by atoms with Crippen LogP contribution in [0.4, 0.5) is 5.69 Å². The van der Waals surface area contributed by atoms with E-state index in [2.05, 4.69) is 0 Å². The van der Waals surface area contributed by atoms with Gasteiger partial charge in [0.15, 0.2) is 0 Å². The van der Waals surface area contributed by atoms with Crippen molar-refractivity contribution in [2.75, 3.05) is 0 Å². The van der Waals surface area contributed by atoms with Crippen LogP contribution < -0.4 is 10.4 Å². The summed E-state index contributed by atoms with van der Waals surface area (Å²) in [6, 6.07) is 7.35. The van der Waals surface area contributed by atoms with E-state index in [1.54, 1.807) is 6.92 Å². The fourth-order valence-electron chi connectivity index (χ4n) is 2.81. The third-order valence-corrected chi connectivity index (χ3v) is 4.20. The Balaban J connectivity index is 2.29. The van der Waals surface area contributed by atoms with Crippen molar-refractivity contribution in [3.05, 3.63) is 66.7 Å². The summed E-state index contributed by atoms with van der Waals surface area (Å²) in [5.74, 6) is -2.02. The van der Waals surface area contributed by atoms with Crippen LogP contribution >= 0.6 is 11.6 Å². The number of nitro benzene ring substituents is 1. The Morgan fingerprint density at radius 2 is 2.12 bits per heavy atom. The van der Waals surface area contributed by atoms with E-state index in [4.69, 9.17) is 26.2 Å². The lowest BCUT2D eigenvalue weighted by molar-refractivity contribution is -0.384. The Morgan fingerprint density at radius 1 is 1.40 bits per heavy atom. The first-order valence-electron chi connectivity index (χ1n) is 7.08. The van der Waals surface area contributed by atoms with Gasteiger partial charge >= 0.3 is 5.63 Å². The molecule has 2 unspecified atom stereocenters. The standard InChI is InChI=1S/C16H10ClN3O5/c1-7-4-12-14(16(21)24-7)13(9(6-18)15(19)25-12)8-2-3-10(17)11(5-8)20(22)23/h2-5,9,13,19H,1H3. The number of hydrogen-bond acceptors (Lipinski definition) is 7. The Hall–Kier alpha value is -3.18. The van der Waals surface area contributed by atoms with Gasteiger partial charge < -0.3 is 9.15 Å². The van der Waals surface area contributed by atoms with Crippen molar-refractivity contribution in [1.82, 2.24) is 0 Å². The third kappa shape index (κ3) is 2.75. The number of nitro groups is 1. The molecule has 0 bridgehead atoms. The molecular formula is C16H10ClN3O5. The molecule has 0 fully saturated rings. The average molecular weight is 360 g/mol. The molecule has 1 aliphatic rings. The van der Waals surface area contributed by atoms with Crippen molar-refractivity contribution in [3.63, 3.8) is 0 Å². The molecule has 1 aliphatic heterocycles. The number of nitriles is 1. The molecule has 2 aromatic rings. The minimum Gasteiger partial charge on any atom is -0.441 e. The van der Waals surface area contributed by atoms with Gasteiger partial charge in [0.1, 0.15) is 22.5 Å². The van der Waals surface area contributed by atoms with Gasteiger partial charge in [-0.3, -0.25) is 15.5 Å². The molecule has 2 heterocycles. The topological polar surface area (TPSA) is 130 Å². The van der Waals surface area contributed by atoms with Crippen molar-refractivity contribution in [2.45, 2.75) is 12.8 Å². The van der Waals surface area contributed by atoms with Gasteiger partial charge in [0, 0.05) is 18.1 Å². The molecule has 3 rings (SSSR count). The third-order valence-electron chi connectivity index (χ3n) is 3.89. The van der Waals surface area contributed by atoms with E-state index < -0.39 is 22.4 Å². The second kappa shape index (κ2) is 6.03. The van der Waals surface area contributed by atoms with Gasteiger partial charge in [-0.15, -0.1) is 0 Å². The van der Waals surface area contributed by atoms with Crippen LogP contribution in [-0.4, -0.2) is 10.8 Å². The normalized spacial score (nSPS) is 18.8. The summed E-state index contributed by atoms with van der Waals surface area (Å²) < 4.78 is 10.4. The van der Waals surface area contributed by atoms with Gasteiger partial charge in [0.05, 0.1) is 16.6 Å². The van der Waals surface area contributed by atoms with Crippen molar-refractivity contribution in [3.8, 4) is 11.8 Å². The fraction of sp³-hybridized carbons (Fsp3) is 0.188. The summed E-state index contributed by atoms with van der Waals surface area (Å²) in [5, 5.41) is 28.4. The predicted octanol–water partition coefficient (Wildman–Crippen LogP) is 3.15. The number of benzene rings is 1. The summed E-state index contributed by atoms with van der Waals surface area (Å²) in [6.07, 6.45) is 0. The van der Waals surface area contributed by atoms with E-state index >= 15 is 0 Å². The number of fused-ring (bicyclic) bond motifs is 1. The molecule has 25 heavy (non-hydrogen) atoms. The fourth-order valence-corrected chi connectivity index (χ4v) is 3.00. The minimum absolute atomic E-state index is 0.0461. The summed E-state index contributed by atoms with van der Waals surface area (Å²) in [6.45, 7) is 1.55. The zero-order chi connectivity index (χ0) is 18.3. The highest BCUT2D eigenvalue weighted by Crippen LogP contribution is 2.42. The molecule has 1 N–H and O–H groups in total. The molecule has 2 atom stereocenters. The van der Waals surface area contributed by atoms with Crippen molar-refractivity contribution < 1.29 is 14.1 Å². The van der Waals surface area contributed by atoms with Crippen LogP contribution in [0.15, 0.2) is 33.5 Å². The highest BCUT2D eigenvalue weighted by molar-refractivity contribution is 6.32. The first kappa shape index (κ1) is 16.7. The zero-order valence-corrected chi connectivity index (χ0v) is 13.5. The Kier molecular flexibility index (Phi) is 4.02. The predicted molar refractivity (Wildman–Crippen MR) is 87.1 cm³/mol. The van der Waals surface area contributed by atoms with Gasteiger partial charge in [-0.1, -0.05) is 17.7 Å². The summed E-state index contributed by atoms with van der Waals surface area (Å²) in [7, 11) is 0. The van der Waals surface area contributed by atoms with E-state index in [9.17, 15) is 20.2 Å². The number of nitrogens with zero attached hydrogens (tertiary/aromatic N) is 2. The molecule has 8 nitrogen and oxygen atoms in total. The summed E-state index contributed by atoms with van der Waals surface area (Å²) in [4.78, 5) is 22.8. The number of ether oxygens (including phenoxy) is 1. The molecular weight excluding hydrogens is 350 g/mol. The highest BCUT2D eigenvalue weighted by Gasteiger charge is 2.40. The molecule has 0 amide bonds. The van der Waals surface area contributed by atoms with Gasteiger partial charge in [0.25, 0.3) is 5.69 Å². The molecule has 0 radical (unpaired) electrons. The SMILES string of the molecule is Cc1cc2c(c(=O)o1)C(c1ccc(Cl)c([N+](=O)[O-])c1)C(C#N)C(=N)O2. The molecule has 126 valence electrons. The lowest BCUT2D eigenvalue weighted by Crippen LogP contribution is -2.34. The van der Waals surface area contributed by atoms with Gasteiger partial charge in [-0.05, 0) is 18.6 Å². The molecule has 1 aromatic heterocycles. The number of halogens is 1. The Labute approximate surface area is 145 Å². The summed E-state index contributed by atoms with van der Waals surface area (Å²) >= 11 is 5.83. The lowest BCUT2D eigenvalue weighted by Gasteiger charge is -2.29. The first-order chi connectivity index (χ1) is 11.8. The van der Waals surface area contributed by atoms with Gasteiger partial charge in [-0.25, -0.2) is 4.79 Å². The van der Waals surface area contributed by atoms with Crippen LogP contribution in [0.1, 0.15) is 22.8 Å². The maximum absolute atomic E-state index is 12.3. The molecule has 0 aliphatic carbocycles. The van der Waals surface area contributed by atoms with Crippen LogP contribution in [0.2, 0.25) is 5.02 Å². The first-order valence-corrected chi connectivity index (χ1v) is 7.45. The van der Waals surface area contributed by atoms with Crippen molar-refractivity contribution >= 4 is 23.2 Å². The summed E-state index contributed by atoms with van der Waals surface area (Å²) in [5.41, 5.74) is -0.727. The lowest BCUT2D eigenvalue weighted by atomic mass is 9.79. The quantitative estimate of drug-likeness (QED) is 0.647. The van der Waals surface area contributed by atoms with E-state index in [1.165, 1.54) is 24.3 Å². The maximum Gasteiger partial charge on any atom is 0.343 e. The number of rotatable bonds is 2. The van der Waals surface area contributed by atoms with E-state index in [0.717, 1.165) is 0 Å². The number of aryl methyl sites for hydroxylation is 1. The highest BCUT2D eigenvalue weighted by atomic mass is 35.5. The number of hydrogen-bond donors (Lipinski definition) is 1. The molecule has 0 spiro atoms. The van der Waals surface area contributed by atoms with Crippen LogP contribution in [0.5, 0.6) is 5.75 Å². The number of nitrogens with one attached hydrogen (secondary N) is 1. The molecule has 9 heteroatoms. The van der Waals surface area contributed by atoms with Crippen LogP contribution in [0.25, 0.3) is 0 Å². The van der Waals surface area contributed by atoms with Crippen LogP contribution in [0.3, 0.4) is 0 Å². The minimum atomic E-state index is -1.13. The second-order valence-corrected chi connectivity index (χ2v) is 5.85. The van der Waals surface area contributed by atoms with E-state index in [1.807, 2.05) is 6.07 Å². The average Bonchev–Trinajstić information content (AvgIpc) is 2.53. The van der Waals surface area contributed by atoms with Gasteiger partial charge in [-0.2, -0.15) is 5.26 Å². The zero-order valence-electron chi connectivity index (χ0n) is 12.8. The molecule has 0 saturated heterocycles. The largest absolute Gasteiger partial charge is 0.441 e. The van der Waals surface area contributed by atoms with Crippen LogP contribution in [0, 0.1) is 39.7 Å². The second-order valence-electron chi connectivity index (χ2n) is 5.44.